The number of nitrogens with zero attached hydrogens (tertiary/aromatic N) is 1. The zero-order valence-corrected chi connectivity index (χ0v) is 12.5. The summed E-state index contributed by atoms with van der Waals surface area (Å²) in [6.07, 6.45) is 0.0813. The minimum Gasteiger partial charge on any atom is -0.369 e. The van der Waals surface area contributed by atoms with Crippen molar-refractivity contribution >= 4 is 21.6 Å². The van der Waals surface area contributed by atoms with E-state index in [-0.39, 0.29) is 11.7 Å². The average molecular weight is 281 g/mol. The molecule has 6 heteroatoms. The highest BCUT2D eigenvalue weighted by Crippen LogP contribution is 2.25. The SMILES string of the molecule is CNCC(C)OCc1nc2sc(C)c(C)c2c(=O)[nH]1. The first-order chi connectivity index (χ1) is 9.02. The molecule has 0 aromatic carbocycles. The molecular formula is C13H19N3O2S. The molecule has 2 heterocycles. The lowest BCUT2D eigenvalue weighted by Crippen LogP contribution is -2.24. The average Bonchev–Trinajstić information content (AvgIpc) is 2.63. The molecule has 2 aromatic heterocycles. The predicted molar refractivity (Wildman–Crippen MR) is 77.9 cm³/mol. The van der Waals surface area contributed by atoms with E-state index in [4.69, 9.17) is 4.74 Å². The molecule has 0 bridgehead atoms. The molecule has 5 nitrogen and oxygen atoms in total. The predicted octanol–water partition coefficient (Wildman–Crippen LogP) is 1.73. The molecule has 0 aliphatic rings. The van der Waals surface area contributed by atoms with Gasteiger partial charge in [-0.15, -0.1) is 11.3 Å². The van der Waals surface area contributed by atoms with E-state index in [9.17, 15) is 4.79 Å². The number of hydrogen-bond donors (Lipinski definition) is 2. The van der Waals surface area contributed by atoms with Crippen LogP contribution in [0.4, 0.5) is 0 Å². The van der Waals surface area contributed by atoms with Crippen molar-refractivity contribution in [1.29, 1.82) is 0 Å². The van der Waals surface area contributed by atoms with E-state index in [1.54, 1.807) is 11.3 Å². The van der Waals surface area contributed by atoms with E-state index < -0.39 is 0 Å². The van der Waals surface area contributed by atoms with E-state index >= 15 is 0 Å². The number of nitrogens with one attached hydrogen (secondary N) is 2. The second kappa shape index (κ2) is 5.81. The summed E-state index contributed by atoms with van der Waals surface area (Å²) in [5.41, 5.74) is 0.941. The van der Waals surface area contributed by atoms with Crippen molar-refractivity contribution in [2.75, 3.05) is 13.6 Å². The van der Waals surface area contributed by atoms with Gasteiger partial charge < -0.3 is 15.0 Å². The molecular weight excluding hydrogens is 262 g/mol. The first kappa shape index (κ1) is 14.2. The highest BCUT2D eigenvalue weighted by Gasteiger charge is 2.12. The molecule has 0 saturated heterocycles. The number of thiophene rings is 1. The van der Waals surface area contributed by atoms with Crippen LogP contribution in [0, 0.1) is 13.8 Å². The van der Waals surface area contributed by atoms with Gasteiger partial charge in [-0.3, -0.25) is 4.79 Å². The molecule has 1 atom stereocenters. The quantitative estimate of drug-likeness (QED) is 0.876. The van der Waals surface area contributed by atoms with Crippen molar-refractivity contribution in [2.24, 2.45) is 0 Å². The molecule has 104 valence electrons. The van der Waals surface area contributed by atoms with Crippen LogP contribution in [-0.4, -0.2) is 29.7 Å². The fraction of sp³-hybridized carbons (Fsp3) is 0.538. The Bertz CT molecular complexity index is 633. The van der Waals surface area contributed by atoms with Crippen LogP contribution >= 0.6 is 11.3 Å². The lowest BCUT2D eigenvalue weighted by Gasteiger charge is -2.11. The normalized spacial score (nSPS) is 13.1. The maximum atomic E-state index is 12.0. The van der Waals surface area contributed by atoms with Crippen LogP contribution in [0.25, 0.3) is 10.2 Å². The molecule has 0 spiro atoms. The van der Waals surface area contributed by atoms with Gasteiger partial charge >= 0.3 is 0 Å². The number of fused-ring (bicyclic) bond motifs is 1. The number of likely N-dealkylation sites (N-methyl/N-ethyl adjacent to an activating group) is 1. The highest BCUT2D eigenvalue weighted by molar-refractivity contribution is 7.18. The molecule has 2 aromatic rings. The summed E-state index contributed by atoms with van der Waals surface area (Å²) in [5, 5.41) is 3.74. The van der Waals surface area contributed by atoms with Gasteiger partial charge in [0.25, 0.3) is 5.56 Å². The number of aromatic amines is 1. The standard InChI is InChI=1S/C13H19N3O2S/c1-7(5-14-4)18-6-10-15-12(17)11-8(2)9(3)19-13(11)16-10/h7,14H,5-6H2,1-4H3,(H,15,16,17). The van der Waals surface area contributed by atoms with Gasteiger partial charge in [-0.05, 0) is 33.4 Å². The third-order valence-corrected chi connectivity index (χ3v) is 4.19. The highest BCUT2D eigenvalue weighted by atomic mass is 32.1. The second-order valence-electron chi connectivity index (χ2n) is 4.66. The number of ether oxygens (including phenoxy) is 1. The second-order valence-corrected chi connectivity index (χ2v) is 5.86. The summed E-state index contributed by atoms with van der Waals surface area (Å²) in [6, 6.07) is 0. The number of aryl methyl sites for hydroxylation is 2. The van der Waals surface area contributed by atoms with Crippen LogP contribution in [0.3, 0.4) is 0 Å². The topological polar surface area (TPSA) is 67.0 Å². The molecule has 0 fully saturated rings. The summed E-state index contributed by atoms with van der Waals surface area (Å²) < 4.78 is 5.62. The molecule has 0 amide bonds. The van der Waals surface area contributed by atoms with Crippen LogP contribution in [0.2, 0.25) is 0 Å². The molecule has 0 saturated carbocycles. The van der Waals surface area contributed by atoms with Crippen LogP contribution < -0.4 is 10.9 Å². The number of rotatable bonds is 5. The van der Waals surface area contributed by atoms with Crippen molar-refractivity contribution in [3.8, 4) is 0 Å². The van der Waals surface area contributed by atoms with Crippen molar-refractivity contribution in [3.63, 3.8) is 0 Å². The summed E-state index contributed by atoms with van der Waals surface area (Å²) in [6.45, 7) is 7.03. The monoisotopic (exact) mass is 281 g/mol. The van der Waals surface area contributed by atoms with Gasteiger partial charge in [0.2, 0.25) is 0 Å². The van der Waals surface area contributed by atoms with Crippen molar-refractivity contribution < 1.29 is 4.74 Å². The van der Waals surface area contributed by atoms with Gasteiger partial charge in [-0.2, -0.15) is 0 Å². The van der Waals surface area contributed by atoms with Crippen LogP contribution in [0.1, 0.15) is 23.2 Å². The Labute approximate surface area is 116 Å². The van der Waals surface area contributed by atoms with Gasteiger partial charge in [0.05, 0.1) is 11.5 Å². The Morgan fingerprint density at radius 1 is 1.47 bits per heavy atom. The molecule has 0 radical (unpaired) electrons. The number of H-pyrrole nitrogens is 1. The van der Waals surface area contributed by atoms with Gasteiger partial charge in [-0.1, -0.05) is 0 Å². The number of hydrogen-bond acceptors (Lipinski definition) is 5. The largest absolute Gasteiger partial charge is 0.369 e. The lowest BCUT2D eigenvalue weighted by molar-refractivity contribution is 0.0504. The third-order valence-electron chi connectivity index (χ3n) is 3.08. The van der Waals surface area contributed by atoms with E-state index in [0.717, 1.165) is 21.8 Å². The van der Waals surface area contributed by atoms with E-state index in [0.29, 0.717) is 17.8 Å². The maximum Gasteiger partial charge on any atom is 0.259 e. The zero-order valence-electron chi connectivity index (χ0n) is 11.7. The molecule has 2 rings (SSSR count). The van der Waals surface area contributed by atoms with Crippen molar-refractivity contribution in [3.05, 3.63) is 26.6 Å². The summed E-state index contributed by atoms with van der Waals surface area (Å²) >= 11 is 1.55. The Morgan fingerprint density at radius 3 is 2.89 bits per heavy atom. The third kappa shape index (κ3) is 3.02. The maximum absolute atomic E-state index is 12.0. The van der Waals surface area contributed by atoms with Crippen molar-refractivity contribution in [1.82, 2.24) is 15.3 Å². The molecule has 1 unspecified atom stereocenters. The summed E-state index contributed by atoms with van der Waals surface area (Å²) in [7, 11) is 1.88. The molecule has 0 aliphatic carbocycles. The minimum absolute atomic E-state index is 0.0771. The molecule has 2 N–H and O–H groups in total. The Hall–Kier alpha value is -1.24. The first-order valence-electron chi connectivity index (χ1n) is 6.28. The lowest BCUT2D eigenvalue weighted by atomic mass is 10.2. The molecule has 19 heavy (non-hydrogen) atoms. The Morgan fingerprint density at radius 2 is 2.21 bits per heavy atom. The summed E-state index contributed by atoms with van der Waals surface area (Å²) in [5.74, 6) is 0.585. The van der Waals surface area contributed by atoms with Gasteiger partial charge in [0.1, 0.15) is 17.3 Å². The Kier molecular flexibility index (Phi) is 4.34. The fourth-order valence-electron chi connectivity index (χ4n) is 1.94. The van der Waals surface area contributed by atoms with E-state index in [1.165, 1.54) is 0 Å². The Balaban J connectivity index is 2.24. The first-order valence-corrected chi connectivity index (χ1v) is 7.09. The van der Waals surface area contributed by atoms with Gasteiger partial charge in [0.15, 0.2) is 0 Å². The van der Waals surface area contributed by atoms with Crippen LogP contribution in [0.5, 0.6) is 0 Å². The van der Waals surface area contributed by atoms with Gasteiger partial charge in [-0.25, -0.2) is 4.98 Å². The molecule has 0 aliphatic heterocycles. The zero-order chi connectivity index (χ0) is 14.0. The van der Waals surface area contributed by atoms with E-state index in [1.807, 2.05) is 27.8 Å². The minimum atomic E-state index is -0.0771. The smallest absolute Gasteiger partial charge is 0.259 e. The number of aromatic nitrogens is 2. The van der Waals surface area contributed by atoms with Crippen LogP contribution in [-0.2, 0) is 11.3 Å². The fourth-order valence-corrected chi connectivity index (χ4v) is 2.98. The van der Waals surface area contributed by atoms with Crippen LogP contribution in [0.15, 0.2) is 4.79 Å². The summed E-state index contributed by atoms with van der Waals surface area (Å²) in [4.78, 5) is 21.2. The van der Waals surface area contributed by atoms with Gasteiger partial charge in [0, 0.05) is 11.4 Å². The van der Waals surface area contributed by atoms with Crippen molar-refractivity contribution in [2.45, 2.75) is 33.5 Å². The van der Waals surface area contributed by atoms with E-state index in [2.05, 4.69) is 15.3 Å².